The monoisotopic (exact) mass is 422 g/mol. The summed E-state index contributed by atoms with van der Waals surface area (Å²) in [6, 6.07) is 3.74. The van der Waals surface area contributed by atoms with Crippen LogP contribution in [0.2, 0.25) is 0 Å². The highest BCUT2D eigenvalue weighted by Gasteiger charge is 2.22. The molecule has 2 aliphatic rings. The third kappa shape index (κ3) is 5.57. The largest absolute Gasteiger partial charge is 0.355 e. The molecule has 31 heavy (non-hydrogen) atoms. The second-order valence-electron chi connectivity index (χ2n) is 8.25. The fourth-order valence-electron chi connectivity index (χ4n) is 4.34. The average molecular weight is 423 g/mol. The molecule has 0 atom stereocenters. The number of pyridine rings is 1. The molecule has 0 saturated heterocycles. The Bertz CT molecular complexity index is 917. The molecule has 1 saturated carbocycles. The lowest BCUT2D eigenvalue weighted by Crippen LogP contribution is -2.34. The van der Waals surface area contributed by atoms with Crippen LogP contribution >= 0.6 is 0 Å². The second kappa shape index (κ2) is 10.3. The Morgan fingerprint density at radius 3 is 2.68 bits per heavy atom. The lowest BCUT2D eigenvalue weighted by atomic mass is 9.89. The van der Waals surface area contributed by atoms with E-state index in [9.17, 15) is 9.59 Å². The Morgan fingerprint density at radius 2 is 1.87 bits per heavy atom. The molecule has 1 fully saturated rings. The highest BCUT2D eigenvalue weighted by molar-refractivity contribution is 5.91. The first kappa shape index (κ1) is 21.2. The van der Waals surface area contributed by atoms with E-state index in [0.29, 0.717) is 39.0 Å². The van der Waals surface area contributed by atoms with Gasteiger partial charge in [-0.1, -0.05) is 19.3 Å². The van der Waals surface area contributed by atoms with Crippen LogP contribution in [0.4, 0.5) is 0 Å². The molecule has 0 unspecified atom stereocenters. The van der Waals surface area contributed by atoms with Gasteiger partial charge in [0.25, 0.3) is 0 Å². The maximum atomic E-state index is 12.6. The molecule has 0 spiro atoms. The number of hydrogen-bond acceptors (Lipinski definition) is 5. The highest BCUT2D eigenvalue weighted by atomic mass is 16.2. The number of rotatable bonds is 6. The zero-order valence-electron chi connectivity index (χ0n) is 17.9. The molecular formula is C23H30N6O2. The molecule has 0 bridgehead atoms. The van der Waals surface area contributed by atoms with Crippen LogP contribution in [0, 0.1) is 5.92 Å². The molecule has 1 N–H and O–H groups in total. The van der Waals surface area contributed by atoms with Gasteiger partial charge in [0.05, 0.1) is 0 Å². The average Bonchev–Trinajstić information content (AvgIpc) is 3.07. The van der Waals surface area contributed by atoms with Crippen LogP contribution in [-0.4, -0.2) is 56.1 Å². The molecule has 4 rings (SSSR count). The Kier molecular flexibility index (Phi) is 7.07. The molecule has 164 valence electrons. The number of nitrogens with one attached hydrogen (secondary N) is 1. The first-order valence-corrected chi connectivity index (χ1v) is 11.3. The van der Waals surface area contributed by atoms with Gasteiger partial charge < -0.3 is 14.8 Å². The third-order valence-corrected chi connectivity index (χ3v) is 6.16. The zero-order chi connectivity index (χ0) is 21.5. The highest BCUT2D eigenvalue weighted by Crippen LogP contribution is 2.23. The van der Waals surface area contributed by atoms with Gasteiger partial charge in [0, 0.05) is 63.4 Å². The molecular weight excluding hydrogens is 392 g/mol. The van der Waals surface area contributed by atoms with E-state index < -0.39 is 0 Å². The van der Waals surface area contributed by atoms with E-state index in [1.165, 1.54) is 6.42 Å². The summed E-state index contributed by atoms with van der Waals surface area (Å²) in [6.45, 7) is 2.48. The summed E-state index contributed by atoms with van der Waals surface area (Å²) >= 11 is 0. The van der Waals surface area contributed by atoms with Crippen molar-refractivity contribution in [1.82, 2.24) is 30.0 Å². The van der Waals surface area contributed by atoms with Gasteiger partial charge in [-0.2, -0.15) is 0 Å². The quantitative estimate of drug-likeness (QED) is 0.719. The van der Waals surface area contributed by atoms with Crippen LogP contribution in [-0.2, 0) is 29.0 Å². The number of nitrogens with zero attached hydrogens (tertiary/aromatic N) is 5. The molecule has 1 aliphatic carbocycles. The van der Waals surface area contributed by atoms with Crippen LogP contribution in [0.15, 0.2) is 30.6 Å². The Hall–Kier alpha value is -3.03. The van der Waals surface area contributed by atoms with Crippen molar-refractivity contribution < 1.29 is 9.59 Å². The molecule has 3 heterocycles. The van der Waals surface area contributed by atoms with Crippen molar-refractivity contribution in [3.63, 3.8) is 0 Å². The molecule has 2 aromatic heterocycles. The van der Waals surface area contributed by atoms with Crippen molar-refractivity contribution in [2.75, 3.05) is 19.6 Å². The molecule has 1 aliphatic heterocycles. The lowest BCUT2D eigenvalue weighted by Gasteiger charge is -2.20. The van der Waals surface area contributed by atoms with E-state index >= 15 is 0 Å². The smallest absolute Gasteiger partial charge is 0.246 e. The Balaban J connectivity index is 1.28. The summed E-state index contributed by atoms with van der Waals surface area (Å²) in [5.74, 6) is 2.12. The predicted octanol–water partition coefficient (Wildman–Crippen LogP) is 2.01. The lowest BCUT2D eigenvalue weighted by molar-refractivity contribution is -0.126. The number of fused-ring (bicyclic) bond motifs is 1. The molecule has 2 aromatic rings. The number of amides is 2. The van der Waals surface area contributed by atoms with Gasteiger partial charge in [0.1, 0.15) is 11.6 Å². The van der Waals surface area contributed by atoms with Crippen molar-refractivity contribution in [2.45, 2.75) is 51.5 Å². The van der Waals surface area contributed by atoms with E-state index in [2.05, 4.69) is 25.1 Å². The van der Waals surface area contributed by atoms with Crippen LogP contribution in [0.3, 0.4) is 0 Å². The minimum atomic E-state index is -0.00294. The number of aromatic nitrogens is 4. The van der Waals surface area contributed by atoms with E-state index in [0.717, 1.165) is 42.9 Å². The number of carbonyl (C=O) groups is 2. The summed E-state index contributed by atoms with van der Waals surface area (Å²) in [6.07, 6.45) is 13.7. The first-order valence-electron chi connectivity index (χ1n) is 11.3. The summed E-state index contributed by atoms with van der Waals surface area (Å²) in [4.78, 5) is 30.8. The zero-order valence-corrected chi connectivity index (χ0v) is 17.9. The summed E-state index contributed by atoms with van der Waals surface area (Å²) in [7, 11) is 0. The van der Waals surface area contributed by atoms with E-state index in [-0.39, 0.29) is 17.7 Å². The first-order chi connectivity index (χ1) is 15.2. The van der Waals surface area contributed by atoms with Crippen LogP contribution < -0.4 is 5.32 Å². The number of hydrogen-bond donors (Lipinski definition) is 1. The van der Waals surface area contributed by atoms with Gasteiger partial charge in [-0.05, 0) is 36.6 Å². The normalized spacial score (nSPS) is 17.4. The van der Waals surface area contributed by atoms with Crippen LogP contribution in [0.1, 0.15) is 49.3 Å². The molecule has 0 radical (unpaired) electrons. The van der Waals surface area contributed by atoms with Gasteiger partial charge in [-0.15, -0.1) is 10.2 Å². The Morgan fingerprint density at radius 1 is 1.06 bits per heavy atom. The summed E-state index contributed by atoms with van der Waals surface area (Å²) in [5, 5.41) is 11.7. The topological polar surface area (TPSA) is 93.0 Å². The predicted molar refractivity (Wildman–Crippen MR) is 117 cm³/mol. The minimum absolute atomic E-state index is 0.00294. The van der Waals surface area contributed by atoms with Gasteiger partial charge in [0.15, 0.2) is 0 Å². The van der Waals surface area contributed by atoms with E-state index in [1.807, 2.05) is 23.1 Å². The maximum Gasteiger partial charge on any atom is 0.246 e. The molecule has 8 nitrogen and oxygen atoms in total. The molecule has 2 amide bonds. The summed E-state index contributed by atoms with van der Waals surface area (Å²) < 4.78 is 2.10. The van der Waals surface area contributed by atoms with Crippen molar-refractivity contribution in [1.29, 1.82) is 0 Å². The van der Waals surface area contributed by atoms with Gasteiger partial charge in [-0.3, -0.25) is 14.6 Å². The fraction of sp³-hybridized carbons (Fsp3) is 0.522. The van der Waals surface area contributed by atoms with Crippen molar-refractivity contribution in [3.8, 4) is 0 Å². The summed E-state index contributed by atoms with van der Waals surface area (Å²) in [5.41, 5.74) is 0.952. The van der Waals surface area contributed by atoms with E-state index in [4.69, 9.17) is 0 Å². The molecule has 8 heteroatoms. The van der Waals surface area contributed by atoms with E-state index in [1.54, 1.807) is 18.5 Å². The van der Waals surface area contributed by atoms with Crippen molar-refractivity contribution >= 4 is 17.9 Å². The van der Waals surface area contributed by atoms with Gasteiger partial charge in [0.2, 0.25) is 11.8 Å². The fourth-order valence-corrected chi connectivity index (χ4v) is 4.34. The molecule has 0 aromatic carbocycles. The third-order valence-electron chi connectivity index (χ3n) is 6.16. The maximum absolute atomic E-state index is 12.6. The van der Waals surface area contributed by atoms with Gasteiger partial charge >= 0.3 is 0 Å². The Labute approximate surface area is 182 Å². The van der Waals surface area contributed by atoms with Crippen LogP contribution in [0.25, 0.3) is 6.08 Å². The van der Waals surface area contributed by atoms with Crippen molar-refractivity contribution in [3.05, 3.63) is 47.8 Å². The second-order valence-corrected chi connectivity index (χ2v) is 8.25. The van der Waals surface area contributed by atoms with Crippen molar-refractivity contribution in [2.24, 2.45) is 5.92 Å². The minimum Gasteiger partial charge on any atom is -0.355 e. The van der Waals surface area contributed by atoms with Gasteiger partial charge in [-0.25, -0.2) is 0 Å². The number of carbonyl (C=O) groups excluding carboxylic acids is 2. The van der Waals surface area contributed by atoms with Crippen LogP contribution in [0.5, 0.6) is 0 Å². The standard InChI is InChI=1S/C23H30N6O2/c30-22(7-6-18-8-12-24-13-9-18)28-15-11-21-27-26-20(29(21)17-16-28)10-14-25-23(31)19-4-2-1-3-5-19/h6-9,12-13,19H,1-5,10-11,14-17H2,(H,25,31)/b7-6+. The SMILES string of the molecule is O=C(NCCc1nnc2n1CCN(C(=O)/C=C/c1ccncc1)CC2)C1CCCCC1.